The van der Waals surface area contributed by atoms with Crippen LogP contribution in [0.1, 0.15) is 31.4 Å². The quantitative estimate of drug-likeness (QED) is 0.694. The van der Waals surface area contributed by atoms with Gasteiger partial charge in [-0.3, -0.25) is 4.98 Å². The van der Waals surface area contributed by atoms with E-state index < -0.39 is 17.5 Å². The van der Waals surface area contributed by atoms with E-state index in [1.165, 1.54) is 6.42 Å². The number of carbonyl (C=O) groups is 2. The summed E-state index contributed by atoms with van der Waals surface area (Å²) in [6.45, 7) is 0.924. The van der Waals surface area contributed by atoms with E-state index in [0.29, 0.717) is 18.1 Å². The first-order chi connectivity index (χ1) is 11.8. The van der Waals surface area contributed by atoms with Crippen molar-refractivity contribution < 1.29 is 24.9 Å². The molecule has 1 heterocycles. The van der Waals surface area contributed by atoms with Gasteiger partial charge in [-0.05, 0) is 39.1 Å². The Kier molecular flexibility index (Phi) is 8.24. The zero-order chi connectivity index (χ0) is 18.9. The summed E-state index contributed by atoms with van der Waals surface area (Å²) < 4.78 is 0. The van der Waals surface area contributed by atoms with Crippen molar-refractivity contribution in [2.75, 3.05) is 20.6 Å². The topological polar surface area (TPSA) is 111 Å². The predicted octanol–water partition coefficient (Wildman–Crippen LogP) is 1.73. The lowest BCUT2D eigenvalue weighted by atomic mass is 9.73. The average Bonchev–Trinajstić information content (AvgIpc) is 2.56. The lowest BCUT2D eigenvalue weighted by Gasteiger charge is -2.40. The van der Waals surface area contributed by atoms with Crippen molar-refractivity contribution in [3.8, 4) is 0 Å². The number of aliphatic hydroxyl groups is 1. The molecule has 2 unspecified atom stereocenters. The molecule has 0 bridgehead atoms. The van der Waals surface area contributed by atoms with E-state index in [9.17, 15) is 14.7 Å². The van der Waals surface area contributed by atoms with Crippen LogP contribution in [0, 0.1) is 5.92 Å². The van der Waals surface area contributed by atoms with Crippen LogP contribution in [0.2, 0.25) is 0 Å². The second-order valence-electron chi connectivity index (χ2n) is 6.35. The summed E-state index contributed by atoms with van der Waals surface area (Å²) in [6, 6.07) is 5.81. The zero-order valence-electron chi connectivity index (χ0n) is 14.6. The summed E-state index contributed by atoms with van der Waals surface area (Å²) in [4.78, 5) is 25.6. The minimum atomic E-state index is -1.26. The van der Waals surface area contributed by atoms with Crippen LogP contribution < -0.4 is 0 Å². The molecule has 0 radical (unpaired) electrons. The first kappa shape index (κ1) is 20.8. The first-order valence-electron chi connectivity index (χ1n) is 8.18. The normalized spacial score (nSPS) is 23.1. The van der Waals surface area contributed by atoms with Gasteiger partial charge in [0, 0.05) is 30.8 Å². The third-order valence-corrected chi connectivity index (χ3v) is 4.10. The molecule has 2 atom stereocenters. The van der Waals surface area contributed by atoms with Crippen molar-refractivity contribution in [3.63, 3.8) is 0 Å². The number of hydrogen-bond donors (Lipinski definition) is 3. The second kappa shape index (κ2) is 9.90. The maximum Gasteiger partial charge on any atom is 0.328 e. The summed E-state index contributed by atoms with van der Waals surface area (Å²) in [5.74, 6) is -2.22. The van der Waals surface area contributed by atoms with Crippen LogP contribution in [0.15, 0.2) is 36.5 Å². The van der Waals surface area contributed by atoms with Crippen molar-refractivity contribution in [1.82, 2.24) is 9.88 Å². The number of hydrogen-bond acceptors (Lipinski definition) is 5. The number of pyridine rings is 1. The number of nitrogens with zero attached hydrogens (tertiary/aromatic N) is 2. The average molecular weight is 350 g/mol. The molecule has 25 heavy (non-hydrogen) atoms. The Morgan fingerprint density at radius 2 is 1.88 bits per heavy atom. The summed E-state index contributed by atoms with van der Waals surface area (Å²) in [5, 5.41) is 26.6. The standard InChI is InChI=1S/C14H22N2O.C4H4O4/c1-16(2)11-12-7-3-5-9-14(12,17)13-8-4-6-10-15-13;5-3(6)1-2-4(7)8/h4,6,8,10,12,17H,3,5,7,9,11H2,1-2H3;1-2H,(H,5,6)(H,7,8)/b;2-1+. The molecule has 1 fully saturated rings. The first-order valence-corrected chi connectivity index (χ1v) is 8.18. The van der Waals surface area contributed by atoms with Crippen LogP contribution in [0.3, 0.4) is 0 Å². The van der Waals surface area contributed by atoms with E-state index in [2.05, 4.69) is 24.0 Å². The molecule has 1 aliphatic rings. The lowest BCUT2D eigenvalue weighted by molar-refractivity contribution is -0.134. The van der Waals surface area contributed by atoms with Crippen molar-refractivity contribution in [2.45, 2.75) is 31.3 Å². The molecule has 7 heteroatoms. The van der Waals surface area contributed by atoms with Gasteiger partial charge < -0.3 is 20.2 Å². The fourth-order valence-corrected chi connectivity index (χ4v) is 3.01. The van der Waals surface area contributed by atoms with Crippen molar-refractivity contribution >= 4 is 11.9 Å². The molecule has 1 saturated carbocycles. The number of carboxylic acid groups (broad SMARTS) is 2. The fourth-order valence-electron chi connectivity index (χ4n) is 3.01. The molecule has 2 rings (SSSR count). The van der Waals surface area contributed by atoms with E-state index in [4.69, 9.17) is 10.2 Å². The van der Waals surface area contributed by atoms with Gasteiger partial charge in [0.05, 0.1) is 5.69 Å². The molecule has 1 aliphatic carbocycles. The molecular weight excluding hydrogens is 324 g/mol. The molecule has 0 saturated heterocycles. The molecule has 0 amide bonds. The van der Waals surface area contributed by atoms with Crippen molar-refractivity contribution in [2.24, 2.45) is 5.92 Å². The fraction of sp³-hybridized carbons (Fsp3) is 0.500. The highest BCUT2D eigenvalue weighted by Gasteiger charge is 2.41. The van der Waals surface area contributed by atoms with Gasteiger partial charge in [-0.1, -0.05) is 18.9 Å². The molecule has 0 spiro atoms. The molecule has 1 aromatic rings. The maximum atomic E-state index is 11.0. The van der Waals surface area contributed by atoms with Gasteiger partial charge in [0.15, 0.2) is 0 Å². The molecule has 138 valence electrons. The maximum absolute atomic E-state index is 11.0. The van der Waals surface area contributed by atoms with Crippen LogP contribution in [0.25, 0.3) is 0 Å². The predicted molar refractivity (Wildman–Crippen MR) is 93.1 cm³/mol. The van der Waals surface area contributed by atoms with E-state index in [1.54, 1.807) is 6.20 Å². The Morgan fingerprint density at radius 1 is 1.24 bits per heavy atom. The summed E-state index contributed by atoms with van der Waals surface area (Å²) in [5.41, 5.74) is 0.107. The lowest BCUT2D eigenvalue weighted by Crippen LogP contribution is -2.43. The number of rotatable bonds is 5. The number of aliphatic carboxylic acids is 2. The minimum absolute atomic E-state index is 0.293. The Hall–Kier alpha value is -2.25. The van der Waals surface area contributed by atoms with Crippen LogP contribution >= 0.6 is 0 Å². The Balaban J connectivity index is 0.000000333. The van der Waals surface area contributed by atoms with E-state index in [0.717, 1.165) is 31.5 Å². The molecule has 1 aromatic heterocycles. The highest BCUT2D eigenvalue weighted by atomic mass is 16.4. The van der Waals surface area contributed by atoms with E-state index in [-0.39, 0.29) is 0 Å². The summed E-state index contributed by atoms with van der Waals surface area (Å²) in [7, 11) is 4.13. The third-order valence-electron chi connectivity index (χ3n) is 4.10. The van der Waals surface area contributed by atoms with Crippen molar-refractivity contribution in [3.05, 3.63) is 42.2 Å². The van der Waals surface area contributed by atoms with Crippen LogP contribution in [-0.4, -0.2) is 57.8 Å². The number of aromatic nitrogens is 1. The van der Waals surface area contributed by atoms with Gasteiger partial charge in [-0.2, -0.15) is 0 Å². The smallest absolute Gasteiger partial charge is 0.328 e. The highest BCUT2D eigenvalue weighted by molar-refractivity contribution is 5.89. The molecule has 0 aromatic carbocycles. The van der Waals surface area contributed by atoms with Gasteiger partial charge >= 0.3 is 11.9 Å². The molecular formula is C18H26N2O5. The third kappa shape index (κ3) is 7.03. The SMILES string of the molecule is CN(C)CC1CCCCC1(O)c1ccccn1.O=C(O)/C=C/C(=O)O. The second-order valence-corrected chi connectivity index (χ2v) is 6.35. The molecule has 3 N–H and O–H groups in total. The summed E-state index contributed by atoms with van der Waals surface area (Å²) >= 11 is 0. The molecule has 0 aliphatic heterocycles. The Bertz CT molecular complexity index is 572. The Labute approximate surface area is 147 Å². The zero-order valence-corrected chi connectivity index (χ0v) is 14.6. The highest BCUT2D eigenvalue weighted by Crippen LogP contribution is 2.40. The summed E-state index contributed by atoms with van der Waals surface area (Å²) in [6.07, 6.45) is 7.12. The van der Waals surface area contributed by atoms with Crippen LogP contribution in [0.5, 0.6) is 0 Å². The van der Waals surface area contributed by atoms with Gasteiger partial charge in [0.1, 0.15) is 5.60 Å². The monoisotopic (exact) mass is 350 g/mol. The van der Waals surface area contributed by atoms with E-state index >= 15 is 0 Å². The van der Waals surface area contributed by atoms with Gasteiger partial charge in [-0.15, -0.1) is 0 Å². The minimum Gasteiger partial charge on any atom is -0.478 e. The van der Waals surface area contributed by atoms with Gasteiger partial charge in [0.2, 0.25) is 0 Å². The molecule has 7 nitrogen and oxygen atoms in total. The number of carboxylic acids is 2. The van der Waals surface area contributed by atoms with Crippen LogP contribution in [0.4, 0.5) is 0 Å². The van der Waals surface area contributed by atoms with Crippen LogP contribution in [-0.2, 0) is 15.2 Å². The van der Waals surface area contributed by atoms with Gasteiger partial charge in [0.25, 0.3) is 0 Å². The van der Waals surface area contributed by atoms with Crippen molar-refractivity contribution in [1.29, 1.82) is 0 Å². The van der Waals surface area contributed by atoms with Gasteiger partial charge in [-0.25, -0.2) is 9.59 Å². The Morgan fingerprint density at radius 3 is 2.36 bits per heavy atom. The largest absolute Gasteiger partial charge is 0.478 e. The van der Waals surface area contributed by atoms with E-state index in [1.807, 2.05) is 18.2 Å².